The van der Waals surface area contributed by atoms with E-state index in [0.717, 1.165) is 24.3 Å². The first kappa shape index (κ1) is 35.9. The average Bonchev–Trinajstić information content (AvgIpc) is 2.93. The lowest BCUT2D eigenvalue weighted by atomic mass is 9.84. The number of hydrogen-bond donors (Lipinski definition) is 2. The van der Waals surface area contributed by atoms with Crippen LogP contribution in [0.2, 0.25) is 0 Å². The van der Waals surface area contributed by atoms with Gasteiger partial charge in [-0.3, -0.25) is 18.7 Å². The third-order valence-corrected chi connectivity index (χ3v) is 13.8. The van der Waals surface area contributed by atoms with Gasteiger partial charge in [-0.2, -0.15) is 25.4 Å². The SMILES string of the molecule is CCCN(C(CC)S(=O)(=O)O)S(=O)(=O)c1ccc2c(c1)C(=O)c1c(cccc1S(=O)(=O)N(CCC)C(CC)S(=O)(=O)O)C2=O. The number of hydrogen-bond acceptors (Lipinski definition) is 10. The second-order valence-electron chi connectivity index (χ2n) is 10.0. The molecule has 1 aliphatic carbocycles. The number of rotatable bonds is 14. The molecule has 244 valence electrons. The minimum Gasteiger partial charge on any atom is -0.289 e. The lowest BCUT2D eigenvalue weighted by molar-refractivity contribution is 0.0976. The predicted molar refractivity (Wildman–Crippen MR) is 159 cm³/mol. The summed E-state index contributed by atoms with van der Waals surface area (Å²) in [6, 6.07) is 6.30. The summed E-state index contributed by atoms with van der Waals surface area (Å²) in [7, 11) is -19.3. The molecule has 1 aliphatic rings. The van der Waals surface area contributed by atoms with E-state index in [4.69, 9.17) is 0 Å². The Morgan fingerprint density at radius 2 is 1.14 bits per heavy atom. The van der Waals surface area contributed by atoms with Crippen molar-refractivity contribution in [3.8, 4) is 0 Å². The van der Waals surface area contributed by atoms with Crippen molar-refractivity contribution in [2.75, 3.05) is 13.1 Å². The Morgan fingerprint density at radius 1 is 0.636 bits per heavy atom. The predicted octanol–water partition coefficient (Wildman–Crippen LogP) is 2.51. The van der Waals surface area contributed by atoms with Gasteiger partial charge in [-0.1, -0.05) is 39.8 Å². The Balaban J connectivity index is 2.26. The monoisotopic (exact) mass is 694 g/mol. The van der Waals surface area contributed by atoms with Crippen LogP contribution in [0.3, 0.4) is 0 Å². The molecule has 14 nitrogen and oxygen atoms in total. The molecule has 2 aromatic rings. The van der Waals surface area contributed by atoms with E-state index in [2.05, 4.69) is 0 Å². The molecule has 0 fully saturated rings. The maximum atomic E-state index is 13.9. The zero-order valence-electron chi connectivity index (χ0n) is 24.4. The van der Waals surface area contributed by atoms with Crippen molar-refractivity contribution in [1.29, 1.82) is 0 Å². The van der Waals surface area contributed by atoms with Crippen molar-refractivity contribution >= 4 is 51.8 Å². The van der Waals surface area contributed by atoms with Crippen molar-refractivity contribution in [2.45, 2.75) is 73.9 Å². The Labute approximate surface area is 257 Å². The fraction of sp³-hybridized carbons (Fsp3) is 0.462. The molecule has 0 bridgehead atoms. The Morgan fingerprint density at radius 3 is 1.59 bits per heavy atom. The quantitative estimate of drug-likeness (QED) is 0.233. The van der Waals surface area contributed by atoms with Gasteiger partial charge in [-0.15, -0.1) is 0 Å². The lowest BCUT2D eigenvalue weighted by Crippen LogP contribution is -2.45. The van der Waals surface area contributed by atoms with E-state index < -0.39 is 83.5 Å². The maximum absolute atomic E-state index is 13.9. The maximum Gasteiger partial charge on any atom is 0.282 e. The second kappa shape index (κ2) is 13.0. The van der Waals surface area contributed by atoms with E-state index >= 15 is 0 Å². The highest BCUT2D eigenvalue weighted by Crippen LogP contribution is 2.36. The van der Waals surface area contributed by atoms with Crippen LogP contribution in [0.15, 0.2) is 46.2 Å². The van der Waals surface area contributed by atoms with Crippen LogP contribution < -0.4 is 0 Å². The number of sulfonamides is 2. The van der Waals surface area contributed by atoms with Crippen LogP contribution >= 0.6 is 0 Å². The molecule has 44 heavy (non-hydrogen) atoms. The van der Waals surface area contributed by atoms with Gasteiger partial charge in [-0.25, -0.2) is 16.8 Å². The summed E-state index contributed by atoms with van der Waals surface area (Å²) in [5.41, 5.74) is -1.65. The third-order valence-electron chi connectivity index (χ3n) is 7.09. The molecule has 3 rings (SSSR count). The van der Waals surface area contributed by atoms with Crippen LogP contribution in [0.4, 0.5) is 0 Å². The summed E-state index contributed by atoms with van der Waals surface area (Å²) < 4.78 is 124. The van der Waals surface area contributed by atoms with Crippen LogP contribution in [0, 0.1) is 0 Å². The van der Waals surface area contributed by atoms with Crippen molar-refractivity contribution in [3.63, 3.8) is 0 Å². The summed E-state index contributed by atoms with van der Waals surface area (Å²) in [4.78, 5) is 26.1. The number of fused-ring (bicyclic) bond motifs is 2. The topological polar surface area (TPSA) is 218 Å². The van der Waals surface area contributed by atoms with E-state index in [1.54, 1.807) is 13.8 Å². The summed E-state index contributed by atoms with van der Waals surface area (Å²) in [6.07, 6.45) is -0.335. The molecule has 2 unspecified atom stereocenters. The van der Waals surface area contributed by atoms with Gasteiger partial charge in [0, 0.05) is 29.8 Å². The molecule has 0 aliphatic heterocycles. The van der Waals surface area contributed by atoms with Gasteiger partial charge >= 0.3 is 0 Å². The van der Waals surface area contributed by atoms with Gasteiger partial charge in [0.15, 0.2) is 22.3 Å². The van der Waals surface area contributed by atoms with E-state index in [1.807, 2.05) is 0 Å². The molecular weight excluding hydrogens is 661 g/mol. The van der Waals surface area contributed by atoms with Crippen LogP contribution in [-0.2, 0) is 40.3 Å². The van der Waals surface area contributed by atoms with E-state index in [0.29, 0.717) is 8.61 Å². The van der Waals surface area contributed by atoms with Crippen LogP contribution in [0.25, 0.3) is 0 Å². The first-order chi connectivity index (χ1) is 20.3. The molecule has 2 N–H and O–H groups in total. The van der Waals surface area contributed by atoms with E-state index in [1.165, 1.54) is 26.0 Å². The zero-order valence-corrected chi connectivity index (χ0v) is 27.6. The van der Waals surface area contributed by atoms with Gasteiger partial charge < -0.3 is 0 Å². The van der Waals surface area contributed by atoms with Gasteiger partial charge in [0.1, 0.15) is 0 Å². The molecule has 2 atom stereocenters. The normalized spacial score (nSPS) is 15.7. The number of carbonyl (C=O) groups is 2. The molecule has 0 saturated heterocycles. The van der Waals surface area contributed by atoms with Crippen molar-refractivity contribution in [3.05, 3.63) is 58.7 Å². The number of benzene rings is 2. The highest BCUT2D eigenvalue weighted by molar-refractivity contribution is 7.92. The molecular formula is C26H34N2O12S4. The average molecular weight is 695 g/mol. The van der Waals surface area contributed by atoms with Crippen LogP contribution in [0.5, 0.6) is 0 Å². The molecule has 0 saturated carbocycles. The van der Waals surface area contributed by atoms with Crippen molar-refractivity contribution in [1.82, 2.24) is 8.61 Å². The lowest BCUT2D eigenvalue weighted by Gasteiger charge is -2.30. The smallest absolute Gasteiger partial charge is 0.282 e. The molecule has 2 aromatic carbocycles. The summed E-state index contributed by atoms with van der Waals surface area (Å²) in [5, 5.41) is -3.72. The van der Waals surface area contributed by atoms with Gasteiger partial charge in [0.05, 0.1) is 15.4 Å². The minimum absolute atomic E-state index is 0.133. The van der Waals surface area contributed by atoms with Gasteiger partial charge in [0.25, 0.3) is 20.2 Å². The van der Waals surface area contributed by atoms with Crippen LogP contribution in [-0.4, -0.2) is 86.8 Å². The Bertz CT molecular complexity index is 1900. The van der Waals surface area contributed by atoms with E-state index in [-0.39, 0.29) is 49.9 Å². The summed E-state index contributed by atoms with van der Waals surface area (Å²) >= 11 is 0. The Kier molecular flexibility index (Phi) is 10.6. The standard InChI is InChI=1S/C26H34N2O12S4/c1-5-14-27(22(7-3)43(35,36)37)41(31,32)17-12-13-18-20(16-17)26(30)24-19(25(18)29)10-9-11-21(24)42(33,34)28(15-6-2)23(8-4)44(38,39)40/h9-13,16,22-23H,5-8,14-15H2,1-4H3,(H,35,36,37)(H,38,39,40). The molecule has 0 heterocycles. The molecule has 0 radical (unpaired) electrons. The van der Waals surface area contributed by atoms with Gasteiger partial charge in [0.2, 0.25) is 20.0 Å². The number of ketones is 2. The third kappa shape index (κ3) is 6.53. The molecule has 18 heteroatoms. The van der Waals surface area contributed by atoms with Crippen molar-refractivity contribution < 1.29 is 52.4 Å². The Hall–Kier alpha value is -2.58. The number of carbonyl (C=O) groups excluding carboxylic acids is 2. The highest BCUT2D eigenvalue weighted by Gasteiger charge is 2.43. The fourth-order valence-corrected chi connectivity index (χ4v) is 11.7. The first-order valence-corrected chi connectivity index (χ1v) is 19.5. The largest absolute Gasteiger partial charge is 0.289 e. The minimum atomic E-state index is -4.91. The zero-order chi connectivity index (χ0) is 33.4. The summed E-state index contributed by atoms with van der Waals surface area (Å²) in [5.74, 6) is -1.86. The van der Waals surface area contributed by atoms with Crippen LogP contribution in [0.1, 0.15) is 85.2 Å². The van der Waals surface area contributed by atoms with Gasteiger partial charge in [-0.05, 0) is 49.9 Å². The fourth-order valence-electron chi connectivity index (χ4n) is 5.18. The second-order valence-corrected chi connectivity index (χ2v) is 16.9. The highest BCUT2D eigenvalue weighted by atomic mass is 32.2. The molecule has 0 spiro atoms. The number of nitrogens with zero attached hydrogens (tertiary/aromatic N) is 2. The molecule has 0 aromatic heterocycles. The summed E-state index contributed by atoms with van der Waals surface area (Å²) in [6.45, 7) is 5.19. The molecule has 0 amide bonds. The van der Waals surface area contributed by atoms with E-state index in [9.17, 15) is 52.4 Å². The first-order valence-electron chi connectivity index (χ1n) is 13.6. The van der Waals surface area contributed by atoms with Crippen molar-refractivity contribution in [2.24, 2.45) is 0 Å².